The molecule has 0 saturated carbocycles. The van der Waals surface area contributed by atoms with Crippen molar-refractivity contribution in [2.45, 2.75) is 31.7 Å². The van der Waals surface area contributed by atoms with Crippen LogP contribution in [0.15, 0.2) is 36.4 Å². The Morgan fingerprint density at radius 2 is 1.96 bits per heavy atom. The van der Waals surface area contributed by atoms with Crippen LogP contribution in [-0.4, -0.2) is 0 Å². The normalized spacial score (nSPS) is 11.8. The Balaban J connectivity index is 2.24. The summed E-state index contributed by atoms with van der Waals surface area (Å²) in [7, 11) is 0. The molecule has 5 heteroatoms. The molecule has 0 radical (unpaired) electrons. The van der Waals surface area contributed by atoms with Gasteiger partial charge < -0.3 is 4.74 Å². The van der Waals surface area contributed by atoms with E-state index >= 15 is 0 Å². The summed E-state index contributed by atoms with van der Waals surface area (Å²) in [5.41, 5.74) is 2.25. The van der Waals surface area contributed by atoms with Gasteiger partial charge in [-0.15, -0.1) is 11.6 Å². The fraction of sp³-hybridized carbons (Fsp3) is 0.278. The molecule has 0 fully saturated rings. The summed E-state index contributed by atoms with van der Waals surface area (Å²) in [5.74, 6) is 0.614. The van der Waals surface area contributed by atoms with Gasteiger partial charge in [0.1, 0.15) is 12.4 Å². The first-order valence-corrected chi connectivity index (χ1v) is 8.49. The molecule has 120 valence electrons. The fourth-order valence-corrected chi connectivity index (χ4v) is 3.05. The van der Waals surface area contributed by atoms with Crippen LogP contribution in [0.25, 0.3) is 0 Å². The van der Waals surface area contributed by atoms with Crippen molar-refractivity contribution in [2.75, 3.05) is 0 Å². The van der Waals surface area contributed by atoms with Gasteiger partial charge in [-0.1, -0.05) is 48.7 Å². The van der Waals surface area contributed by atoms with E-state index in [0.717, 1.165) is 24.0 Å². The molecule has 2 aromatic carbocycles. The van der Waals surface area contributed by atoms with E-state index in [1.807, 2.05) is 12.1 Å². The van der Waals surface area contributed by atoms with Gasteiger partial charge in [-0.3, -0.25) is 0 Å². The van der Waals surface area contributed by atoms with E-state index in [1.54, 1.807) is 24.3 Å². The third kappa shape index (κ3) is 4.78. The summed E-state index contributed by atoms with van der Waals surface area (Å²) in [6.45, 7) is 2.36. The highest BCUT2D eigenvalue weighted by atomic mass is 35.5. The van der Waals surface area contributed by atoms with Gasteiger partial charge >= 0.3 is 0 Å². The standard InChI is InChI=1S/C18H16Cl3NO/c1-2-3-16(20)15-7-4-12(10-22)8-18(15)23-11-13-5-6-14(19)9-17(13)21/h4-9,16H,2-3,11H2,1H3. The number of benzene rings is 2. The average Bonchev–Trinajstić information content (AvgIpc) is 2.54. The van der Waals surface area contributed by atoms with Crippen LogP contribution in [0.5, 0.6) is 5.75 Å². The first-order chi connectivity index (χ1) is 11.0. The number of halogens is 3. The predicted octanol–water partition coefficient (Wildman–Crippen LogP) is 6.52. The second-order valence-corrected chi connectivity index (χ2v) is 6.52. The van der Waals surface area contributed by atoms with Crippen molar-refractivity contribution in [3.8, 4) is 11.8 Å². The van der Waals surface area contributed by atoms with Gasteiger partial charge in [0.05, 0.1) is 17.0 Å². The predicted molar refractivity (Wildman–Crippen MR) is 95.5 cm³/mol. The third-order valence-electron chi connectivity index (χ3n) is 3.42. The topological polar surface area (TPSA) is 33.0 Å². The molecule has 0 amide bonds. The first kappa shape index (κ1) is 17.9. The number of hydrogen-bond donors (Lipinski definition) is 0. The molecule has 0 aliphatic heterocycles. The van der Waals surface area contributed by atoms with E-state index in [0.29, 0.717) is 21.4 Å². The van der Waals surface area contributed by atoms with E-state index in [4.69, 9.17) is 44.8 Å². The summed E-state index contributed by atoms with van der Waals surface area (Å²) in [5, 5.41) is 10.1. The van der Waals surface area contributed by atoms with Crippen LogP contribution in [-0.2, 0) is 6.61 Å². The minimum Gasteiger partial charge on any atom is -0.488 e. The lowest BCUT2D eigenvalue weighted by atomic mass is 10.0. The Bertz CT molecular complexity index is 725. The van der Waals surface area contributed by atoms with Crippen molar-refractivity contribution in [3.05, 3.63) is 63.1 Å². The van der Waals surface area contributed by atoms with Crippen molar-refractivity contribution in [2.24, 2.45) is 0 Å². The highest BCUT2D eigenvalue weighted by molar-refractivity contribution is 6.35. The number of rotatable bonds is 6. The zero-order valence-electron chi connectivity index (χ0n) is 12.7. The third-order valence-corrected chi connectivity index (χ3v) is 4.46. The van der Waals surface area contributed by atoms with Crippen LogP contribution in [0.4, 0.5) is 0 Å². The Kier molecular flexibility index (Phi) is 6.59. The Hall–Kier alpha value is -1.40. The molecule has 0 spiro atoms. The van der Waals surface area contributed by atoms with Crippen molar-refractivity contribution < 1.29 is 4.74 Å². The zero-order chi connectivity index (χ0) is 16.8. The number of ether oxygens (including phenoxy) is 1. The van der Waals surface area contributed by atoms with Crippen molar-refractivity contribution in [1.82, 2.24) is 0 Å². The van der Waals surface area contributed by atoms with Gasteiger partial charge in [0.2, 0.25) is 0 Å². The van der Waals surface area contributed by atoms with Crippen molar-refractivity contribution >= 4 is 34.8 Å². The van der Waals surface area contributed by atoms with Gasteiger partial charge in [0.25, 0.3) is 0 Å². The maximum atomic E-state index is 9.08. The van der Waals surface area contributed by atoms with Crippen LogP contribution in [0.1, 0.15) is 41.8 Å². The minimum absolute atomic E-state index is 0.150. The van der Waals surface area contributed by atoms with Gasteiger partial charge in [0.15, 0.2) is 0 Å². The number of nitrogens with zero attached hydrogens (tertiary/aromatic N) is 1. The molecular formula is C18H16Cl3NO. The molecule has 1 unspecified atom stereocenters. The van der Waals surface area contributed by atoms with E-state index in [9.17, 15) is 0 Å². The van der Waals surface area contributed by atoms with Crippen LogP contribution in [0, 0.1) is 11.3 Å². The smallest absolute Gasteiger partial charge is 0.125 e. The second-order valence-electron chi connectivity index (χ2n) is 5.15. The van der Waals surface area contributed by atoms with Crippen LogP contribution in [0.3, 0.4) is 0 Å². The largest absolute Gasteiger partial charge is 0.488 e. The second kappa shape index (κ2) is 8.45. The Morgan fingerprint density at radius 1 is 1.17 bits per heavy atom. The van der Waals surface area contributed by atoms with E-state index in [1.165, 1.54) is 0 Å². The molecule has 2 rings (SSSR count). The van der Waals surface area contributed by atoms with E-state index in [2.05, 4.69) is 13.0 Å². The molecule has 2 nitrogen and oxygen atoms in total. The van der Waals surface area contributed by atoms with Gasteiger partial charge in [-0.25, -0.2) is 0 Å². The summed E-state index contributed by atoms with van der Waals surface area (Å²) in [4.78, 5) is 0. The highest BCUT2D eigenvalue weighted by Gasteiger charge is 2.14. The molecular weight excluding hydrogens is 353 g/mol. The van der Waals surface area contributed by atoms with Gasteiger partial charge in [-0.05, 0) is 30.7 Å². The Labute approximate surface area is 151 Å². The molecule has 23 heavy (non-hydrogen) atoms. The lowest BCUT2D eigenvalue weighted by molar-refractivity contribution is 0.302. The van der Waals surface area contributed by atoms with Crippen LogP contribution >= 0.6 is 34.8 Å². The number of hydrogen-bond acceptors (Lipinski definition) is 2. The maximum Gasteiger partial charge on any atom is 0.125 e. The lowest BCUT2D eigenvalue weighted by Gasteiger charge is -2.16. The molecule has 0 aliphatic carbocycles. The molecule has 2 aromatic rings. The molecule has 0 saturated heterocycles. The van der Waals surface area contributed by atoms with Crippen LogP contribution in [0.2, 0.25) is 10.0 Å². The molecule has 0 aromatic heterocycles. The zero-order valence-corrected chi connectivity index (χ0v) is 14.9. The van der Waals surface area contributed by atoms with Gasteiger partial charge in [-0.2, -0.15) is 5.26 Å². The van der Waals surface area contributed by atoms with Gasteiger partial charge in [0, 0.05) is 21.2 Å². The summed E-state index contributed by atoms with van der Waals surface area (Å²) >= 11 is 18.5. The monoisotopic (exact) mass is 367 g/mol. The average molecular weight is 369 g/mol. The molecule has 0 N–H and O–H groups in total. The first-order valence-electron chi connectivity index (χ1n) is 7.30. The fourth-order valence-electron chi connectivity index (χ4n) is 2.19. The van der Waals surface area contributed by atoms with Crippen LogP contribution < -0.4 is 4.74 Å². The Morgan fingerprint density at radius 3 is 2.61 bits per heavy atom. The quantitative estimate of drug-likeness (QED) is 0.543. The number of alkyl halides is 1. The molecule has 0 bridgehead atoms. The summed E-state index contributed by atoms with van der Waals surface area (Å²) in [6.07, 6.45) is 1.81. The maximum absolute atomic E-state index is 9.08. The van der Waals surface area contributed by atoms with Crippen molar-refractivity contribution in [3.63, 3.8) is 0 Å². The van der Waals surface area contributed by atoms with Crippen molar-refractivity contribution in [1.29, 1.82) is 5.26 Å². The molecule has 1 atom stereocenters. The minimum atomic E-state index is -0.150. The van der Waals surface area contributed by atoms with E-state index < -0.39 is 0 Å². The molecule has 0 heterocycles. The highest BCUT2D eigenvalue weighted by Crippen LogP contribution is 2.34. The summed E-state index contributed by atoms with van der Waals surface area (Å²) in [6, 6.07) is 12.7. The lowest BCUT2D eigenvalue weighted by Crippen LogP contribution is -2.01. The number of nitriles is 1. The SMILES string of the molecule is CCCC(Cl)c1ccc(C#N)cc1OCc1ccc(Cl)cc1Cl. The summed E-state index contributed by atoms with van der Waals surface area (Å²) < 4.78 is 5.89. The molecule has 0 aliphatic rings. The van der Waals surface area contributed by atoms with E-state index in [-0.39, 0.29) is 12.0 Å².